The zero-order chi connectivity index (χ0) is 24.4. The Morgan fingerprint density at radius 3 is 2.69 bits per heavy atom. The fourth-order valence-corrected chi connectivity index (χ4v) is 7.04. The van der Waals surface area contributed by atoms with Gasteiger partial charge in [-0.1, -0.05) is 18.2 Å². The van der Waals surface area contributed by atoms with Crippen LogP contribution in [0.5, 0.6) is 5.75 Å². The Morgan fingerprint density at radius 2 is 1.97 bits per heavy atom. The molecule has 1 heterocycles. The maximum absolute atomic E-state index is 9.65. The number of hydrogen-bond acceptors (Lipinski definition) is 8. The summed E-state index contributed by atoms with van der Waals surface area (Å²) in [6.07, 6.45) is 7.81. The molecule has 4 aliphatic rings. The first-order valence-corrected chi connectivity index (χ1v) is 12.8. The van der Waals surface area contributed by atoms with E-state index in [9.17, 15) is 10.4 Å². The number of aliphatic hydroxyl groups is 1. The molecule has 1 aromatic heterocycles. The van der Waals surface area contributed by atoms with Gasteiger partial charge in [-0.25, -0.2) is 4.98 Å². The third-order valence-corrected chi connectivity index (χ3v) is 8.32. The number of rotatable bonds is 10. The molecule has 8 nitrogen and oxygen atoms in total. The first-order chi connectivity index (χ1) is 17.0. The number of nitrogens with zero attached hydrogens (tertiary/aromatic N) is 3. The first kappa shape index (κ1) is 23.8. The minimum Gasteiger partial charge on any atom is -0.496 e. The van der Waals surface area contributed by atoms with Gasteiger partial charge < -0.3 is 25.8 Å². The lowest BCUT2D eigenvalue weighted by atomic mass is 9.48. The fraction of sp³-hybridized carbons (Fsp3) is 0.593. The normalized spacial score (nSPS) is 29.4. The monoisotopic (exact) mass is 476 g/mol. The van der Waals surface area contributed by atoms with Gasteiger partial charge in [0, 0.05) is 30.7 Å². The predicted molar refractivity (Wildman–Crippen MR) is 135 cm³/mol. The first-order valence-electron chi connectivity index (χ1n) is 12.8. The zero-order valence-electron chi connectivity index (χ0n) is 20.6. The molecule has 35 heavy (non-hydrogen) atoms. The van der Waals surface area contributed by atoms with E-state index in [1.54, 1.807) is 13.3 Å². The van der Waals surface area contributed by atoms with Gasteiger partial charge in [0.15, 0.2) is 0 Å². The van der Waals surface area contributed by atoms with E-state index in [0.29, 0.717) is 41.8 Å². The van der Waals surface area contributed by atoms with Gasteiger partial charge in [-0.3, -0.25) is 0 Å². The van der Waals surface area contributed by atoms with Crippen molar-refractivity contribution in [3.8, 4) is 11.8 Å². The second-order valence-corrected chi connectivity index (χ2v) is 10.8. The third kappa shape index (κ3) is 4.93. The molecule has 186 valence electrons. The van der Waals surface area contributed by atoms with Crippen LogP contribution in [0.2, 0.25) is 0 Å². The van der Waals surface area contributed by atoms with Gasteiger partial charge >= 0.3 is 0 Å². The van der Waals surface area contributed by atoms with Gasteiger partial charge in [-0.05, 0) is 68.3 Å². The van der Waals surface area contributed by atoms with E-state index in [1.807, 2.05) is 24.3 Å². The minimum absolute atomic E-state index is 0.146. The summed E-state index contributed by atoms with van der Waals surface area (Å²) in [4.78, 5) is 9.01. The van der Waals surface area contributed by atoms with Gasteiger partial charge in [-0.2, -0.15) is 10.2 Å². The highest BCUT2D eigenvalue weighted by atomic mass is 16.5. The highest BCUT2D eigenvalue weighted by Gasteiger charge is 2.55. The van der Waals surface area contributed by atoms with Crippen LogP contribution >= 0.6 is 0 Å². The average molecular weight is 477 g/mol. The van der Waals surface area contributed by atoms with Crippen molar-refractivity contribution in [1.29, 1.82) is 5.26 Å². The summed E-state index contributed by atoms with van der Waals surface area (Å²) < 4.78 is 5.43. The molecule has 4 aliphatic carbocycles. The average Bonchev–Trinajstić information content (AvgIpc) is 2.88. The summed E-state index contributed by atoms with van der Waals surface area (Å²) >= 11 is 0. The highest BCUT2D eigenvalue weighted by Crippen LogP contribution is 2.60. The predicted octanol–water partition coefficient (Wildman–Crippen LogP) is 3.55. The lowest BCUT2D eigenvalue weighted by molar-refractivity contribution is -0.0727. The number of nitrogens with one attached hydrogen (secondary N) is 3. The second kappa shape index (κ2) is 10.00. The van der Waals surface area contributed by atoms with Gasteiger partial charge in [0.1, 0.15) is 23.2 Å². The van der Waals surface area contributed by atoms with Crippen molar-refractivity contribution in [3.63, 3.8) is 0 Å². The van der Waals surface area contributed by atoms with E-state index in [1.165, 1.54) is 32.1 Å². The maximum atomic E-state index is 9.65. The van der Waals surface area contributed by atoms with Gasteiger partial charge in [0.25, 0.3) is 0 Å². The minimum atomic E-state index is 0.146. The Hall–Kier alpha value is -2.89. The van der Waals surface area contributed by atoms with Crippen molar-refractivity contribution in [3.05, 3.63) is 41.6 Å². The Morgan fingerprint density at radius 1 is 1.20 bits per heavy atom. The third-order valence-electron chi connectivity index (χ3n) is 8.32. The molecule has 4 unspecified atom stereocenters. The number of methoxy groups -OCH3 is 1. The number of aromatic nitrogens is 2. The maximum Gasteiger partial charge on any atom is 0.224 e. The molecule has 1 aromatic carbocycles. The number of aliphatic hydroxyl groups excluding tert-OH is 1. The molecule has 0 spiro atoms. The molecule has 0 radical (unpaired) electrons. The smallest absolute Gasteiger partial charge is 0.224 e. The van der Waals surface area contributed by atoms with E-state index in [4.69, 9.17) is 4.74 Å². The van der Waals surface area contributed by atoms with Crippen molar-refractivity contribution in [1.82, 2.24) is 15.3 Å². The van der Waals surface area contributed by atoms with Crippen LogP contribution in [0.3, 0.4) is 0 Å². The SMILES string of the molecule is COc1ccccc1CNc1ncc(C#N)c(NCC23CC4C[C@H](C2)C(NC(C)CO)[C@@H](C4)C3)n1. The van der Waals surface area contributed by atoms with Crippen molar-refractivity contribution in [2.24, 2.45) is 23.2 Å². The molecule has 4 bridgehead atoms. The van der Waals surface area contributed by atoms with Crippen LogP contribution in [0.1, 0.15) is 50.2 Å². The van der Waals surface area contributed by atoms with Crippen molar-refractivity contribution >= 4 is 11.8 Å². The Balaban J connectivity index is 1.26. The highest BCUT2D eigenvalue weighted by molar-refractivity contribution is 5.53. The Kier molecular flexibility index (Phi) is 6.81. The van der Waals surface area contributed by atoms with Crippen molar-refractivity contribution in [2.45, 2.75) is 57.7 Å². The number of ether oxygens (including phenoxy) is 1. The molecule has 4 N–H and O–H groups in total. The van der Waals surface area contributed by atoms with Crippen molar-refractivity contribution < 1.29 is 9.84 Å². The molecule has 4 fully saturated rings. The van der Waals surface area contributed by atoms with Crippen LogP contribution in [0.15, 0.2) is 30.5 Å². The summed E-state index contributed by atoms with van der Waals surface area (Å²) in [7, 11) is 1.66. The molecule has 6 atom stereocenters. The summed E-state index contributed by atoms with van der Waals surface area (Å²) in [5.41, 5.74) is 1.73. The van der Waals surface area contributed by atoms with E-state index in [2.05, 4.69) is 38.9 Å². The largest absolute Gasteiger partial charge is 0.496 e. The number of nitriles is 1. The summed E-state index contributed by atoms with van der Waals surface area (Å²) in [6, 6.07) is 10.8. The van der Waals surface area contributed by atoms with E-state index in [0.717, 1.165) is 23.8 Å². The van der Waals surface area contributed by atoms with E-state index in [-0.39, 0.29) is 18.1 Å². The van der Waals surface area contributed by atoms with Crippen LogP contribution in [0, 0.1) is 34.5 Å². The summed E-state index contributed by atoms with van der Waals surface area (Å²) in [6.45, 7) is 3.62. The van der Waals surface area contributed by atoms with Gasteiger partial charge in [0.05, 0.1) is 19.9 Å². The molecular formula is C27H36N6O2. The standard InChI is InChI=1S/C27H36N6O2/c1-17(15-34)32-24-20-7-18-8-21(24)11-27(9-18,10-20)16-31-25-22(12-28)14-30-26(33-25)29-13-19-5-3-4-6-23(19)35-2/h3-6,14,17-18,20-21,24,32,34H,7-11,13,15-16H2,1-2H3,(H2,29,30,31,33)/t17?,18?,20-,21+,24?,27?. The number of para-hydroxylation sites is 1. The topological polar surface area (TPSA) is 115 Å². The molecule has 0 saturated heterocycles. The second-order valence-electron chi connectivity index (χ2n) is 10.8. The van der Waals surface area contributed by atoms with Crippen LogP contribution in [-0.2, 0) is 6.54 Å². The summed E-state index contributed by atoms with van der Waals surface area (Å²) in [5, 5.41) is 29.7. The lowest BCUT2D eigenvalue weighted by Gasteiger charge is -2.60. The van der Waals surface area contributed by atoms with Gasteiger partial charge in [-0.15, -0.1) is 0 Å². The quantitative estimate of drug-likeness (QED) is 0.412. The van der Waals surface area contributed by atoms with Crippen molar-refractivity contribution in [2.75, 3.05) is 30.9 Å². The van der Waals surface area contributed by atoms with Gasteiger partial charge in [0.2, 0.25) is 5.95 Å². The number of anilines is 2. The zero-order valence-corrected chi connectivity index (χ0v) is 20.6. The van der Waals surface area contributed by atoms with E-state index < -0.39 is 0 Å². The van der Waals surface area contributed by atoms with Crippen LogP contribution in [0.25, 0.3) is 0 Å². The van der Waals surface area contributed by atoms with Crippen LogP contribution in [-0.4, -0.2) is 47.4 Å². The Labute approximate surface area is 207 Å². The fourth-order valence-electron chi connectivity index (χ4n) is 7.04. The molecule has 8 heteroatoms. The molecule has 6 rings (SSSR count). The van der Waals surface area contributed by atoms with E-state index >= 15 is 0 Å². The summed E-state index contributed by atoms with van der Waals surface area (Å²) in [5.74, 6) is 4.02. The van der Waals surface area contributed by atoms with Crippen LogP contribution < -0.4 is 20.7 Å². The molecule has 0 aliphatic heterocycles. The molecular weight excluding hydrogens is 440 g/mol. The molecule has 4 saturated carbocycles. The lowest BCUT2D eigenvalue weighted by Crippen LogP contribution is -2.61. The number of hydrogen-bond donors (Lipinski definition) is 4. The molecule has 0 amide bonds. The Bertz CT molecular complexity index is 1070. The van der Waals surface area contributed by atoms with Crippen LogP contribution in [0.4, 0.5) is 11.8 Å². The number of benzene rings is 1. The molecule has 2 aromatic rings.